The molecule has 1 aliphatic rings. The van der Waals surface area contributed by atoms with Crippen LogP contribution in [0.3, 0.4) is 0 Å². The number of benzene rings is 1. The van der Waals surface area contributed by atoms with Crippen molar-refractivity contribution < 1.29 is 9.47 Å². The maximum atomic E-state index is 6.21. The fourth-order valence-electron chi connectivity index (χ4n) is 2.07. The second-order valence-electron chi connectivity index (χ2n) is 5.43. The monoisotopic (exact) mass is 268 g/mol. The Bertz CT molecular complexity index is 403. The van der Waals surface area contributed by atoms with Gasteiger partial charge in [0, 0.05) is 17.2 Å². The van der Waals surface area contributed by atoms with E-state index in [0.717, 1.165) is 24.3 Å². The standard InChI is InChI=1S/C15H21ClO2/c1-4-9-17-11-7-5-6-8-12(11)18-14-10-13(16)15(14,2)3/h5-8,13-14H,4,9-10H2,1-3H3. The third kappa shape index (κ3) is 2.59. The minimum Gasteiger partial charge on any atom is -0.490 e. The number of hydrogen-bond acceptors (Lipinski definition) is 2. The molecule has 0 bridgehead atoms. The molecule has 2 unspecified atom stereocenters. The lowest BCUT2D eigenvalue weighted by molar-refractivity contribution is -0.0147. The summed E-state index contributed by atoms with van der Waals surface area (Å²) in [4.78, 5) is 0. The fourth-order valence-corrected chi connectivity index (χ4v) is 2.37. The molecule has 1 aromatic carbocycles. The van der Waals surface area contributed by atoms with E-state index in [1.807, 2.05) is 24.3 Å². The van der Waals surface area contributed by atoms with Gasteiger partial charge >= 0.3 is 0 Å². The van der Waals surface area contributed by atoms with Crippen LogP contribution >= 0.6 is 11.6 Å². The highest BCUT2D eigenvalue weighted by Crippen LogP contribution is 2.47. The maximum Gasteiger partial charge on any atom is 0.161 e. The van der Waals surface area contributed by atoms with Gasteiger partial charge in [0.25, 0.3) is 0 Å². The van der Waals surface area contributed by atoms with Crippen molar-refractivity contribution in [3.8, 4) is 11.5 Å². The van der Waals surface area contributed by atoms with Crippen LogP contribution in [0.5, 0.6) is 11.5 Å². The Morgan fingerprint density at radius 3 is 2.50 bits per heavy atom. The van der Waals surface area contributed by atoms with E-state index < -0.39 is 0 Å². The minimum atomic E-state index is 0.0272. The van der Waals surface area contributed by atoms with Crippen molar-refractivity contribution in [3.63, 3.8) is 0 Å². The molecule has 3 heteroatoms. The SMILES string of the molecule is CCCOc1ccccc1OC1CC(Cl)C1(C)C. The van der Waals surface area contributed by atoms with Crippen molar-refractivity contribution in [2.45, 2.75) is 45.1 Å². The molecule has 100 valence electrons. The smallest absolute Gasteiger partial charge is 0.161 e. The topological polar surface area (TPSA) is 18.5 Å². The molecule has 0 saturated heterocycles. The van der Waals surface area contributed by atoms with Crippen molar-refractivity contribution >= 4 is 11.6 Å². The first-order valence-electron chi connectivity index (χ1n) is 6.58. The third-order valence-electron chi connectivity index (χ3n) is 3.64. The van der Waals surface area contributed by atoms with Gasteiger partial charge in [0.15, 0.2) is 11.5 Å². The Balaban J connectivity index is 2.05. The van der Waals surface area contributed by atoms with Crippen LogP contribution in [0.2, 0.25) is 0 Å². The molecule has 0 aliphatic heterocycles. The Kier molecular flexibility index (Phi) is 4.06. The predicted octanol–water partition coefficient (Wildman–Crippen LogP) is 4.26. The number of rotatable bonds is 5. The van der Waals surface area contributed by atoms with E-state index in [1.54, 1.807) is 0 Å². The molecule has 2 atom stereocenters. The van der Waals surface area contributed by atoms with Crippen LogP contribution in [0.25, 0.3) is 0 Å². The average Bonchev–Trinajstić information content (AvgIpc) is 2.37. The quantitative estimate of drug-likeness (QED) is 0.743. The van der Waals surface area contributed by atoms with Gasteiger partial charge in [0.05, 0.1) is 6.61 Å². The molecule has 0 amide bonds. The number of alkyl halides is 1. The van der Waals surface area contributed by atoms with Crippen molar-refractivity contribution in [1.82, 2.24) is 0 Å². The Labute approximate surface area is 114 Å². The molecule has 2 rings (SSSR count). The van der Waals surface area contributed by atoms with E-state index in [-0.39, 0.29) is 16.9 Å². The van der Waals surface area contributed by atoms with Crippen LogP contribution in [0, 0.1) is 5.41 Å². The second-order valence-corrected chi connectivity index (χ2v) is 5.95. The van der Waals surface area contributed by atoms with Crippen LogP contribution in [0.4, 0.5) is 0 Å². The summed E-state index contributed by atoms with van der Waals surface area (Å²) in [5, 5.41) is 0.200. The molecule has 1 aliphatic carbocycles. The molecule has 1 fully saturated rings. The van der Waals surface area contributed by atoms with Gasteiger partial charge in [-0.3, -0.25) is 0 Å². The molecule has 18 heavy (non-hydrogen) atoms. The Hall–Kier alpha value is -0.890. The van der Waals surface area contributed by atoms with Gasteiger partial charge in [-0.2, -0.15) is 0 Å². The van der Waals surface area contributed by atoms with E-state index in [4.69, 9.17) is 21.1 Å². The lowest BCUT2D eigenvalue weighted by atomic mass is 9.68. The minimum absolute atomic E-state index is 0.0272. The molecule has 1 aromatic rings. The maximum absolute atomic E-state index is 6.21. The summed E-state index contributed by atoms with van der Waals surface area (Å²) in [7, 11) is 0. The molecule has 0 heterocycles. The van der Waals surface area contributed by atoms with Gasteiger partial charge < -0.3 is 9.47 Å². The summed E-state index contributed by atoms with van der Waals surface area (Å²) >= 11 is 6.21. The van der Waals surface area contributed by atoms with E-state index in [9.17, 15) is 0 Å². The lowest BCUT2D eigenvalue weighted by Crippen LogP contribution is -2.53. The lowest BCUT2D eigenvalue weighted by Gasteiger charge is -2.48. The van der Waals surface area contributed by atoms with E-state index >= 15 is 0 Å². The fraction of sp³-hybridized carbons (Fsp3) is 0.600. The Morgan fingerprint density at radius 2 is 1.94 bits per heavy atom. The summed E-state index contributed by atoms with van der Waals surface area (Å²) in [6, 6.07) is 7.85. The van der Waals surface area contributed by atoms with E-state index in [2.05, 4.69) is 20.8 Å². The highest BCUT2D eigenvalue weighted by molar-refractivity contribution is 6.21. The Morgan fingerprint density at radius 1 is 1.28 bits per heavy atom. The van der Waals surface area contributed by atoms with Crippen LogP contribution < -0.4 is 9.47 Å². The first kappa shape index (κ1) is 13.5. The van der Waals surface area contributed by atoms with Crippen molar-refractivity contribution in [2.24, 2.45) is 5.41 Å². The molecular formula is C15H21ClO2. The number of hydrogen-bond donors (Lipinski definition) is 0. The second kappa shape index (κ2) is 5.40. The highest BCUT2D eigenvalue weighted by Gasteiger charge is 2.49. The first-order chi connectivity index (χ1) is 8.55. The molecule has 1 saturated carbocycles. The summed E-state index contributed by atoms with van der Waals surface area (Å²) in [6.07, 6.45) is 2.07. The number of para-hydroxylation sites is 2. The van der Waals surface area contributed by atoms with Crippen LogP contribution in [-0.4, -0.2) is 18.1 Å². The zero-order valence-corrected chi connectivity index (χ0v) is 12.0. The summed E-state index contributed by atoms with van der Waals surface area (Å²) in [6.45, 7) is 7.10. The van der Waals surface area contributed by atoms with Crippen LogP contribution in [-0.2, 0) is 0 Å². The molecule has 2 nitrogen and oxygen atoms in total. The van der Waals surface area contributed by atoms with Crippen molar-refractivity contribution in [3.05, 3.63) is 24.3 Å². The van der Waals surface area contributed by atoms with Crippen LogP contribution in [0.15, 0.2) is 24.3 Å². The van der Waals surface area contributed by atoms with Crippen molar-refractivity contribution in [1.29, 1.82) is 0 Å². The van der Waals surface area contributed by atoms with Crippen LogP contribution in [0.1, 0.15) is 33.6 Å². The van der Waals surface area contributed by atoms with Gasteiger partial charge in [-0.1, -0.05) is 32.9 Å². The van der Waals surface area contributed by atoms with Crippen molar-refractivity contribution in [2.75, 3.05) is 6.61 Å². The van der Waals surface area contributed by atoms with Gasteiger partial charge in [0.2, 0.25) is 0 Å². The average molecular weight is 269 g/mol. The normalized spacial score (nSPS) is 25.3. The predicted molar refractivity (Wildman–Crippen MR) is 74.7 cm³/mol. The largest absolute Gasteiger partial charge is 0.490 e. The highest BCUT2D eigenvalue weighted by atomic mass is 35.5. The zero-order chi connectivity index (χ0) is 13.2. The molecule has 0 radical (unpaired) electrons. The first-order valence-corrected chi connectivity index (χ1v) is 7.02. The zero-order valence-electron chi connectivity index (χ0n) is 11.3. The third-order valence-corrected chi connectivity index (χ3v) is 4.38. The van der Waals surface area contributed by atoms with Gasteiger partial charge in [-0.05, 0) is 18.6 Å². The number of ether oxygens (including phenoxy) is 2. The summed E-state index contributed by atoms with van der Waals surface area (Å²) in [5.41, 5.74) is 0.0272. The molecule has 0 N–H and O–H groups in total. The molecular weight excluding hydrogens is 248 g/mol. The van der Waals surface area contributed by atoms with E-state index in [0.29, 0.717) is 6.61 Å². The van der Waals surface area contributed by atoms with Gasteiger partial charge in [-0.25, -0.2) is 0 Å². The molecule has 0 spiro atoms. The number of halogens is 1. The summed E-state index contributed by atoms with van der Waals surface area (Å²) < 4.78 is 11.7. The summed E-state index contributed by atoms with van der Waals surface area (Å²) in [5.74, 6) is 1.65. The molecule has 0 aromatic heterocycles. The van der Waals surface area contributed by atoms with Gasteiger partial charge in [-0.15, -0.1) is 11.6 Å². The van der Waals surface area contributed by atoms with E-state index in [1.165, 1.54) is 0 Å². The van der Waals surface area contributed by atoms with Gasteiger partial charge in [0.1, 0.15) is 6.10 Å².